The fourth-order valence-electron chi connectivity index (χ4n) is 2.85. The van der Waals surface area contributed by atoms with Crippen LogP contribution in [-0.2, 0) is 16.4 Å². The summed E-state index contributed by atoms with van der Waals surface area (Å²) in [6, 6.07) is 11.1. The van der Waals surface area contributed by atoms with Gasteiger partial charge in [0.25, 0.3) is 10.0 Å². The second kappa shape index (κ2) is 5.65. The molecule has 1 heterocycles. The van der Waals surface area contributed by atoms with Gasteiger partial charge in [-0.25, -0.2) is 13.2 Å². The van der Waals surface area contributed by atoms with Gasteiger partial charge in [-0.05, 0) is 43.2 Å². The van der Waals surface area contributed by atoms with Gasteiger partial charge in [0.2, 0.25) is 0 Å². The molecule has 5 nitrogen and oxygen atoms in total. The summed E-state index contributed by atoms with van der Waals surface area (Å²) in [6.45, 7) is 1.84. The average Bonchev–Trinajstić information content (AvgIpc) is 2.82. The van der Waals surface area contributed by atoms with Crippen molar-refractivity contribution >= 4 is 37.6 Å². The molecule has 7 heteroatoms. The van der Waals surface area contributed by atoms with Crippen LogP contribution in [0.4, 0.5) is 5.69 Å². The van der Waals surface area contributed by atoms with Gasteiger partial charge >= 0.3 is 5.97 Å². The number of carboxylic acids is 1. The van der Waals surface area contributed by atoms with Gasteiger partial charge in [-0.2, -0.15) is 0 Å². The predicted molar refractivity (Wildman–Crippen MR) is 90.4 cm³/mol. The van der Waals surface area contributed by atoms with Gasteiger partial charge in [-0.1, -0.05) is 34.1 Å². The molecule has 2 aromatic carbocycles. The zero-order valence-corrected chi connectivity index (χ0v) is 14.6. The smallest absolute Gasteiger partial charge is 0.335 e. The summed E-state index contributed by atoms with van der Waals surface area (Å²) >= 11 is 3.18. The van der Waals surface area contributed by atoms with Gasteiger partial charge in [-0.3, -0.25) is 4.31 Å². The van der Waals surface area contributed by atoms with Gasteiger partial charge in [0.1, 0.15) is 0 Å². The molecule has 23 heavy (non-hydrogen) atoms. The fourth-order valence-corrected chi connectivity index (χ4v) is 5.26. The van der Waals surface area contributed by atoms with E-state index in [9.17, 15) is 13.2 Å². The Hall–Kier alpha value is -1.86. The van der Waals surface area contributed by atoms with E-state index in [0.29, 0.717) is 16.6 Å². The van der Waals surface area contributed by atoms with E-state index in [1.807, 2.05) is 19.1 Å². The average molecular weight is 396 g/mol. The summed E-state index contributed by atoms with van der Waals surface area (Å²) in [6.07, 6.45) is 0.634. The highest BCUT2D eigenvalue weighted by Gasteiger charge is 2.36. The van der Waals surface area contributed by atoms with E-state index in [-0.39, 0.29) is 16.5 Å². The quantitative estimate of drug-likeness (QED) is 0.864. The van der Waals surface area contributed by atoms with Crippen LogP contribution in [0.15, 0.2) is 51.8 Å². The molecule has 0 saturated carbocycles. The molecular weight excluding hydrogens is 382 g/mol. The van der Waals surface area contributed by atoms with Gasteiger partial charge in [0.15, 0.2) is 0 Å². The molecule has 1 atom stereocenters. The summed E-state index contributed by atoms with van der Waals surface area (Å²) in [5.41, 5.74) is 1.55. The molecule has 1 N–H and O–H groups in total. The van der Waals surface area contributed by atoms with E-state index < -0.39 is 16.0 Å². The Labute approximate surface area is 142 Å². The van der Waals surface area contributed by atoms with Crippen molar-refractivity contribution in [1.29, 1.82) is 0 Å². The first-order valence-corrected chi connectivity index (χ1v) is 9.20. The summed E-state index contributed by atoms with van der Waals surface area (Å²) in [7, 11) is -3.84. The SMILES string of the molecule is C[C@@H]1Cc2ccccc2N1S(=O)(=O)c1cc(Br)cc(C(=O)O)c1. The summed E-state index contributed by atoms with van der Waals surface area (Å²) in [4.78, 5) is 11.2. The van der Waals surface area contributed by atoms with E-state index in [1.165, 1.54) is 22.5 Å². The third kappa shape index (κ3) is 2.74. The lowest BCUT2D eigenvalue weighted by Gasteiger charge is -2.24. The minimum Gasteiger partial charge on any atom is -0.478 e. The molecule has 0 bridgehead atoms. The Morgan fingerprint density at radius 3 is 2.65 bits per heavy atom. The third-order valence-corrected chi connectivity index (χ3v) is 6.18. The van der Waals surface area contributed by atoms with Crippen LogP contribution >= 0.6 is 15.9 Å². The molecule has 0 spiro atoms. The second-order valence-electron chi connectivity index (χ2n) is 5.46. The Balaban J connectivity index is 2.15. The van der Waals surface area contributed by atoms with Crippen LogP contribution in [0.25, 0.3) is 0 Å². The number of hydrogen-bond donors (Lipinski definition) is 1. The Kier molecular flexibility index (Phi) is 3.93. The number of hydrogen-bond acceptors (Lipinski definition) is 3. The van der Waals surface area contributed by atoms with Gasteiger partial charge in [-0.15, -0.1) is 0 Å². The third-order valence-electron chi connectivity index (χ3n) is 3.82. The number of para-hydroxylation sites is 1. The van der Waals surface area contributed by atoms with E-state index in [2.05, 4.69) is 15.9 Å². The molecule has 0 aromatic heterocycles. The number of aromatic carboxylic acids is 1. The van der Waals surface area contributed by atoms with Crippen molar-refractivity contribution in [2.24, 2.45) is 0 Å². The van der Waals surface area contributed by atoms with Crippen LogP contribution in [0.5, 0.6) is 0 Å². The van der Waals surface area contributed by atoms with Crippen LogP contribution in [-0.4, -0.2) is 25.5 Å². The van der Waals surface area contributed by atoms with Crippen LogP contribution in [0.3, 0.4) is 0 Å². The van der Waals surface area contributed by atoms with Crippen molar-refractivity contribution in [2.45, 2.75) is 24.3 Å². The number of carbonyl (C=O) groups is 1. The molecule has 0 saturated heterocycles. The van der Waals surface area contributed by atoms with Crippen molar-refractivity contribution < 1.29 is 18.3 Å². The minimum atomic E-state index is -3.84. The van der Waals surface area contributed by atoms with Crippen LogP contribution < -0.4 is 4.31 Å². The molecule has 3 rings (SSSR count). The Morgan fingerprint density at radius 1 is 1.26 bits per heavy atom. The number of carboxylic acid groups (broad SMARTS) is 1. The van der Waals surface area contributed by atoms with E-state index in [0.717, 1.165) is 5.56 Å². The van der Waals surface area contributed by atoms with Gasteiger partial charge in [0.05, 0.1) is 16.1 Å². The lowest BCUT2D eigenvalue weighted by molar-refractivity contribution is 0.0696. The highest BCUT2D eigenvalue weighted by Crippen LogP contribution is 2.37. The molecule has 0 unspecified atom stereocenters. The number of halogens is 1. The molecule has 0 amide bonds. The van der Waals surface area contributed by atoms with Crippen molar-refractivity contribution in [3.8, 4) is 0 Å². The largest absolute Gasteiger partial charge is 0.478 e. The van der Waals surface area contributed by atoms with E-state index >= 15 is 0 Å². The Bertz CT molecular complexity index is 895. The van der Waals surface area contributed by atoms with Crippen LogP contribution in [0.1, 0.15) is 22.8 Å². The summed E-state index contributed by atoms with van der Waals surface area (Å²) in [5, 5.41) is 9.15. The molecule has 1 aliphatic heterocycles. The number of rotatable bonds is 3. The van der Waals surface area contributed by atoms with Crippen LogP contribution in [0.2, 0.25) is 0 Å². The molecule has 1 aliphatic rings. The zero-order chi connectivity index (χ0) is 16.8. The van der Waals surface area contributed by atoms with E-state index in [1.54, 1.807) is 12.1 Å². The van der Waals surface area contributed by atoms with Gasteiger partial charge < -0.3 is 5.11 Å². The van der Waals surface area contributed by atoms with Crippen LogP contribution in [0, 0.1) is 0 Å². The molecule has 0 aliphatic carbocycles. The topological polar surface area (TPSA) is 74.7 Å². The molecule has 0 fully saturated rings. The lowest BCUT2D eigenvalue weighted by atomic mass is 10.1. The maximum Gasteiger partial charge on any atom is 0.335 e. The minimum absolute atomic E-state index is 0.0344. The van der Waals surface area contributed by atoms with Crippen molar-refractivity contribution in [2.75, 3.05) is 4.31 Å². The van der Waals surface area contributed by atoms with Crippen molar-refractivity contribution in [3.63, 3.8) is 0 Å². The molecule has 0 radical (unpaired) electrons. The molecule has 2 aromatic rings. The first-order valence-electron chi connectivity index (χ1n) is 6.97. The number of sulfonamides is 1. The summed E-state index contributed by atoms with van der Waals surface area (Å²) in [5.74, 6) is -1.17. The van der Waals surface area contributed by atoms with E-state index in [4.69, 9.17) is 5.11 Å². The standard InChI is InChI=1S/C16H14BrNO4S/c1-10-6-11-4-2-3-5-15(11)18(10)23(21,22)14-8-12(16(19)20)7-13(17)9-14/h2-5,7-10H,6H2,1H3,(H,19,20)/t10-/m1/s1. The Morgan fingerprint density at radius 2 is 1.96 bits per heavy atom. The zero-order valence-electron chi connectivity index (χ0n) is 12.2. The first kappa shape index (κ1) is 16.0. The number of fused-ring (bicyclic) bond motifs is 1. The number of nitrogens with zero attached hydrogens (tertiary/aromatic N) is 1. The fraction of sp³-hybridized carbons (Fsp3) is 0.188. The number of anilines is 1. The molecular formula is C16H14BrNO4S. The predicted octanol–water partition coefficient (Wildman–Crippen LogP) is 3.29. The maximum absolute atomic E-state index is 13.0. The highest BCUT2D eigenvalue weighted by atomic mass is 79.9. The second-order valence-corrected chi connectivity index (χ2v) is 8.19. The lowest BCUT2D eigenvalue weighted by Crippen LogP contribution is -2.35. The number of benzene rings is 2. The monoisotopic (exact) mass is 395 g/mol. The maximum atomic E-state index is 13.0. The first-order chi connectivity index (χ1) is 10.8. The normalized spacial score (nSPS) is 17.1. The molecule has 120 valence electrons. The van der Waals surface area contributed by atoms with Crippen molar-refractivity contribution in [1.82, 2.24) is 0 Å². The highest BCUT2D eigenvalue weighted by molar-refractivity contribution is 9.10. The van der Waals surface area contributed by atoms with Crippen molar-refractivity contribution in [3.05, 3.63) is 58.1 Å². The van der Waals surface area contributed by atoms with Gasteiger partial charge in [0, 0.05) is 10.5 Å². The summed E-state index contributed by atoms with van der Waals surface area (Å²) < 4.78 is 27.9.